The maximum Gasteiger partial charge on any atom is 0.186 e. The smallest absolute Gasteiger partial charge is 0.186 e. The molecule has 15 heavy (non-hydrogen) atoms. The molecule has 2 rings (SSSR count). The molecule has 0 fully saturated rings. The summed E-state index contributed by atoms with van der Waals surface area (Å²) < 4.78 is 49.6. The van der Waals surface area contributed by atoms with E-state index in [0.717, 1.165) is 6.07 Å². The first-order valence-electron chi connectivity index (χ1n) is 4.34. The first-order chi connectivity index (χ1) is 6.85. The minimum atomic E-state index is -3.75. The molecule has 0 bridgehead atoms. The molecule has 0 saturated carbocycles. The highest BCUT2D eigenvalue weighted by molar-refractivity contribution is 7.92. The van der Waals surface area contributed by atoms with Crippen LogP contribution < -0.4 is 5.73 Å². The van der Waals surface area contributed by atoms with E-state index in [4.69, 9.17) is 5.73 Å². The lowest BCUT2D eigenvalue weighted by Gasteiger charge is -2.07. The van der Waals surface area contributed by atoms with Crippen LogP contribution in [0.3, 0.4) is 0 Å². The molecule has 82 valence electrons. The largest absolute Gasteiger partial charge is 0.323 e. The number of hydrogen-bond acceptors (Lipinski definition) is 3. The van der Waals surface area contributed by atoms with Gasteiger partial charge < -0.3 is 5.73 Å². The quantitative estimate of drug-likeness (QED) is 0.683. The van der Waals surface area contributed by atoms with Crippen LogP contribution in [0.1, 0.15) is 18.5 Å². The summed E-state index contributed by atoms with van der Waals surface area (Å²) in [5.41, 5.74) is 5.62. The zero-order chi connectivity index (χ0) is 11.4. The number of halogens is 2. The van der Waals surface area contributed by atoms with Gasteiger partial charge >= 0.3 is 0 Å². The van der Waals surface area contributed by atoms with Gasteiger partial charge in [-0.25, -0.2) is 17.2 Å². The van der Waals surface area contributed by atoms with Crippen LogP contribution in [-0.4, -0.2) is 13.7 Å². The summed E-state index contributed by atoms with van der Waals surface area (Å²) in [5, 5.41) is -0.913. The van der Waals surface area contributed by atoms with Gasteiger partial charge in [-0.2, -0.15) is 0 Å². The van der Waals surface area contributed by atoms with E-state index in [1.54, 1.807) is 0 Å². The molecule has 3 nitrogen and oxygen atoms in total. The molecule has 0 spiro atoms. The van der Waals surface area contributed by atoms with Gasteiger partial charge in [-0.1, -0.05) is 0 Å². The molecule has 1 aliphatic heterocycles. The fourth-order valence-electron chi connectivity index (χ4n) is 1.76. The second-order valence-corrected chi connectivity index (χ2v) is 5.82. The average Bonchev–Trinajstić information content (AvgIpc) is 2.27. The highest BCUT2D eigenvalue weighted by Gasteiger charge is 2.42. The van der Waals surface area contributed by atoms with E-state index in [2.05, 4.69) is 0 Å². The van der Waals surface area contributed by atoms with Crippen LogP contribution in [0.25, 0.3) is 0 Å². The van der Waals surface area contributed by atoms with Crippen LogP contribution in [-0.2, 0) is 9.84 Å². The van der Waals surface area contributed by atoms with E-state index in [-0.39, 0.29) is 5.56 Å². The monoisotopic (exact) mass is 233 g/mol. The first-order valence-corrected chi connectivity index (χ1v) is 5.88. The van der Waals surface area contributed by atoms with Gasteiger partial charge in [-0.15, -0.1) is 0 Å². The van der Waals surface area contributed by atoms with Gasteiger partial charge in [0.2, 0.25) is 0 Å². The fourth-order valence-corrected chi connectivity index (χ4v) is 3.52. The third-order valence-corrected chi connectivity index (χ3v) is 4.95. The van der Waals surface area contributed by atoms with Crippen molar-refractivity contribution in [1.82, 2.24) is 0 Å². The number of sulfone groups is 1. The van der Waals surface area contributed by atoms with E-state index in [9.17, 15) is 17.2 Å². The lowest BCUT2D eigenvalue weighted by molar-refractivity contribution is 0.549. The molecule has 1 aromatic rings. The first kappa shape index (κ1) is 10.5. The molecule has 2 N–H and O–H groups in total. The van der Waals surface area contributed by atoms with Crippen molar-refractivity contribution in [2.45, 2.75) is 23.1 Å². The van der Waals surface area contributed by atoms with E-state index in [1.807, 2.05) is 0 Å². The Morgan fingerprint density at radius 1 is 1.33 bits per heavy atom. The van der Waals surface area contributed by atoms with Gasteiger partial charge in [-0.05, 0) is 18.6 Å². The van der Waals surface area contributed by atoms with Crippen molar-refractivity contribution in [2.24, 2.45) is 5.73 Å². The summed E-state index contributed by atoms with van der Waals surface area (Å²) in [6.45, 7) is 1.39. The van der Waals surface area contributed by atoms with E-state index >= 15 is 0 Å². The summed E-state index contributed by atoms with van der Waals surface area (Å²) in [6.07, 6.45) is 0. The summed E-state index contributed by atoms with van der Waals surface area (Å²) in [4.78, 5) is -0.455. The Bertz CT molecular complexity index is 527. The fraction of sp³-hybridized carbons (Fsp3) is 0.333. The standard InChI is InChI=1S/C9H9F2NO2S/c1-4-8(12)6-2-5(10)3-7(11)9(6)15(4,13)14/h2-4,8H,12H2,1H3. The summed E-state index contributed by atoms with van der Waals surface area (Å²) in [5.74, 6) is -1.88. The molecule has 2 unspecified atom stereocenters. The predicted molar refractivity (Wildman–Crippen MR) is 49.9 cm³/mol. The molecule has 1 aromatic carbocycles. The van der Waals surface area contributed by atoms with Crippen LogP contribution in [0, 0.1) is 11.6 Å². The number of fused-ring (bicyclic) bond motifs is 1. The minimum Gasteiger partial charge on any atom is -0.323 e. The van der Waals surface area contributed by atoms with E-state index in [0.29, 0.717) is 6.07 Å². The van der Waals surface area contributed by atoms with Crippen LogP contribution >= 0.6 is 0 Å². The Hall–Kier alpha value is -1.01. The van der Waals surface area contributed by atoms with Crippen molar-refractivity contribution in [3.8, 4) is 0 Å². The zero-order valence-corrected chi connectivity index (χ0v) is 8.68. The van der Waals surface area contributed by atoms with Crippen molar-refractivity contribution in [2.75, 3.05) is 0 Å². The Morgan fingerprint density at radius 2 is 1.93 bits per heavy atom. The van der Waals surface area contributed by atoms with Crippen LogP contribution in [0.4, 0.5) is 8.78 Å². The molecule has 0 aliphatic carbocycles. The Kier molecular flexibility index (Phi) is 2.09. The van der Waals surface area contributed by atoms with Crippen molar-refractivity contribution in [3.05, 3.63) is 29.3 Å². The molecule has 1 heterocycles. The topological polar surface area (TPSA) is 60.2 Å². The summed E-state index contributed by atoms with van der Waals surface area (Å²) >= 11 is 0. The zero-order valence-electron chi connectivity index (χ0n) is 7.87. The van der Waals surface area contributed by atoms with Crippen LogP contribution in [0.5, 0.6) is 0 Å². The summed E-state index contributed by atoms with van der Waals surface area (Å²) in [7, 11) is -3.75. The minimum absolute atomic E-state index is 0.0278. The number of nitrogens with two attached hydrogens (primary N) is 1. The third kappa shape index (κ3) is 1.28. The maximum absolute atomic E-state index is 13.3. The van der Waals surface area contributed by atoms with Gasteiger partial charge in [0.25, 0.3) is 0 Å². The van der Waals surface area contributed by atoms with E-state index < -0.39 is 37.7 Å². The van der Waals surface area contributed by atoms with Crippen LogP contribution in [0.15, 0.2) is 17.0 Å². The van der Waals surface area contributed by atoms with Crippen molar-refractivity contribution >= 4 is 9.84 Å². The second-order valence-electron chi connectivity index (χ2n) is 3.58. The third-order valence-electron chi connectivity index (χ3n) is 2.68. The molecule has 6 heteroatoms. The predicted octanol–water partition coefficient (Wildman–Crippen LogP) is 1.14. The van der Waals surface area contributed by atoms with Gasteiger partial charge in [0.05, 0.1) is 5.25 Å². The highest BCUT2D eigenvalue weighted by atomic mass is 32.2. The Labute approximate surface area is 85.8 Å². The SMILES string of the molecule is CC1C(N)c2cc(F)cc(F)c2S1(=O)=O. The molecule has 2 atom stereocenters. The van der Waals surface area contributed by atoms with Gasteiger partial charge in [0.1, 0.15) is 16.5 Å². The molecule has 0 radical (unpaired) electrons. The number of rotatable bonds is 0. The maximum atomic E-state index is 13.3. The van der Waals surface area contributed by atoms with Crippen LogP contribution in [0.2, 0.25) is 0 Å². The van der Waals surface area contributed by atoms with Gasteiger partial charge in [0.15, 0.2) is 9.84 Å². The van der Waals surface area contributed by atoms with Crippen molar-refractivity contribution < 1.29 is 17.2 Å². The molecule has 0 saturated heterocycles. The normalized spacial score (nSPS) is 27.7. The molecule has 0 amide bonds. The number of benzene rings is 1. The lowest BCUT2D eigenvalue weighted by Crippen LogP contribution is -2.23. The highest BCUT2D eigenvalue weighted by Crippen LogP contribution is 2.39. The van der Waals surface area contributed by atoms with E-state index in [1.165, 1.54) is 6.92 Å². The lowest BCUT2D eigenvalue weighted by atomic mass is 10.1. The molecular weight excluding hydrogens is 224 g/mol. The number of hydrogen-bond donors (Lipinski definition) is 1. The Morgan fingerprint density at radius 3 is 2.53 bits per heavy atom. The van der Waals surface area contributed by atoms with Crippen molar-refractivity contribution in [3.63, 3.8) is 0 Å². The Balaban J connectivity index is 2.84. The molecular formula is C9H9F2NO2S. The van der Waals surface area contributed by atoms with Crippen molar-refractivity contribution in [1.29, 1.82) is 0 Å². The summed E-state index contributed by atoms with van der Waals surface area (Å²) in [6, 6.07) is 0.667. The average molecular weight is 233 g/mol. The van der Waals surface area contributed by atoms with Gasteiger partial charge in [-0.3, -0.25) is 0 Å². The molecule has 1 aliphatic rings. The molecule has 0 aromatic heterocycles. The van der Waals surface area contributed by atoms with Gasteiger partial charge in [0, 0.05) is 12.1 Å². The second kappa shape index (κ2) is 2.99.